The number of carbonyl (C=O) groups excluding carboxylic acids is 1. The van der Waals surface area contributed by atoms with Crippen LogP contribution in [0, 0.1) is 11.3 Å². The molecule has 1 saturated heterocycles. The van der Waals surface area contributed by atoms with Gasteiger partial charge in [-0.1, -0.05) is 26.8 Å². The molecule has 1 aromatic rings. The molecule has 2 bridgehead atoms. The second-order valence-electron chi connectivity index (χ2n) is 10.4. The van der Waals surface area contributed by atoms with Crippen molar-refractivity contribution in [1.29, 1.82) is 0 Å². The molecule has 1 saturated carbocycles. The maximum absolute atomic E-state index is 13.5. The van der Waals surface area contributed by atoms with Crippen LogP contribution in [0.3, 0.4) is 0 Å². The molecular weight excluding hydrogens is 398 g/mol. The fraction of sp³-hybridized carbons (Fsp3) is 0.708. The first-order chi connectivity index (χ1) is 14.0. The van der Waals surface area contributed by atoms with Crippen molar-refractivity contribution >= 4 is 15.7 Å². The van der Waals surface area contributed by atoms with Crippen LogP contribution in [0.4, 0.5) is 0 Å². The molecule has 6 heteroatoms. The second-order valence-corrected chi connectivity index (χ2v) is 12.4. The van der Waals surface area contributed by atoms with Crippen LogP contribution in [0.1, 0.15) is 64.0 Å². The first-order valence-electron chi connectivity index (χ1n) is 11.2. The number of amides is 1. The zero-order valence-corrected chi connectivity index (χ0v) is 19.7. The van der Waals surface area contributed by atoms with Crippen LogP contribution in [-0.4, -0.2) is 51.3 Å². The molecule has 3 aliphatic rings. The highest BCUT2D eigenvalue weighted by Crippen LogP contribution is 2.56. The van der Waals surface area contributed by atoms with Crippen molar-refractivity contribution in [3.05, 3.63) is 29.3 Å². The number of piperidine rings is 1. The normalized spacial score (nSPS) is 33.1. The minimum atomic E-state index is -3.25. The Kier molecular flexibility index (Phi) is 5.33. The number of carbonyl (C=O) groups is 1. The molecular formula is C24H35NO4S. The number of likely N-dealkylation sites (tertiary alicyclic amines) is 1. The molecule has 0 spiro atoms. The van der Waals surface area contributed by atoms with Crippen molar-refractivity contribution in [3.63, 3.8) is 0 Å². The summed E-state index contributed by atoms with van der Waals surface area (Å²) in [5.41, 5.74) is 2.05. The lowest BCUT2D eigenvalue weighted by Gasteiger charge is -2.61. The fourth-order valence-corrected chi connectivity index (χ4v) is 6.80. The quantitative estimate of drug-likeness (QED) is 0.729. The Morgan fingerprint density at radius 1 is 1.13 bits per heavy atom. The smallest absolute Gasteiger partial charge is 0.225 e. The van der Waals surface area contributed by atoms with E-state index in [4.69, 9.17) is 4.74 Å². The van der Waals surface area contributed by atoms with Gasteiger partial charge >= 0.3 is 0 Å². The van der Waals surface area contributed by atoms with Crippen LogP contribution < -0.4 is 0 Å². The van der Waals surface area contributed by atoms with Gasteiger partial charge < -0.3 is 9.64 Å². The SMILES string of the molecule is COC1CCC(C(=O)N2CC[C@]3(C)c4cc(S(C)(=O)=O)ccc4C[C@H]2C3(C)C)CC1. The number of hydrogen-bond donors (Lipinski definition) is 0. The highest BCUT2D eigenvalue weighted by atomic mass is 32.2. The van der Waals surface area contributed by atoms with Gasteiger partial charge in [0.15, 0.2) is 9.84 Å². The Balaban J connectivity index is 1.66. The van der Waals surface area contributed by atoms with Crippen LogP contribution in [-0.2, 0) is 31.2 Å². The van der Waals surface area contributed by atoms with Crippen molar-refractivity contribution < 1.29 is 17.9 Å². The van der Waals surface area contributed by atoms with E-state index in [1.165, 1.54) is 11.8 Å². The summed E-state index contributed by atoms with van der Waals surface area (Å²) in [6.07, 6.45) is 6.96. The van der Waals surface area contributed by atoms with Gasteiger partial charge in [0.1, 0.15) is 0 Å². The molecule has 1 aliphatic heterocycles. The summed E-state index contributed by atoms with van der Waals surface area (Å²) in [5, 5.41) is 0. The van der Waals surface area contributed by atoms with E-state index in [-0.39, 0.29) is 22.8 Å². The van der Waals surface area contributed by atoms with Gasteiger partial charge in [-0.3, -0.25) is 4.79 Å². The van der Waals surface area contributed by atoms with E-state index < -0.39 is 9.84 Å². The molecule has 2 aliphatic carbocycles. The van der Waals surface area contributed by atoms with Crippen LogP contribution >= 0.6 is 0 Å². The lowest BCUT2D eigenvalue weighted by atomic mass is 9.51. The first kappa shape index (κ1) is 21.8. The Labute approximate surface area is 181 Å². The molecule has 1 amide bonds. The summed E-state index contributed by atoms with van der Waals surface area (Å²) >= 11 is 0. The van der Waals surface area contributed by atoms with E-state index in [0.29, 0.717) is 16.9 Å². The Hall–Kier alpha value is -1.40. The number of methoxy groups -OCH3 is 1. The second kappa shape index (κ2) is 7.33. The maximum Gasteiger partial charge on any atom is 0.225 e. The third-order valence-corrected chi connectivity index (χ3v) is 9.75. The fourth-order valence-electron chi connectivity index (χ4n) is 6.16. The molecule has 5 nitrogen and oxygen atoms in total. The number of hydrogen-bond acceptors (Lipinski definition) is 4. The van der Waals surface area contributed by atoms with Gasteiger partial charge in [0.25, 0.3) is 0 Å². The highest BCUT2D eigenvalue weighted by molar-refractivity contribution is 7.90. The zero-order chi connectivity index (χ0) is 21.9. The molecule has 166 valence electrons. The minimum Gasteiger partial charge on any atom is -0.381 e. The number of fused-ring (bicyclic) bond motifs is 4. The Bertz CT molecular complexity index is 946. The number of rotatable bonds is 3. The summed E-state index contributed by atoms with van der Waals surface area (Å²) < 4.78 is 29.8. The van der Waals surface area contributed by atoms with Gasteiger partial charge in [-0.05, 0) is 67.2 Å². The molecule has 0 radical (unpaired) electrons. The van der Waals surface area contributed by atoms with Gasteiger partial charge in [-0.2, -0.15) is 0 Å². The molecule has 4 rings (SSSR count). The van der Waals surface area contributed by atoms with Gasteiger partial charge in [0, 0.05) is 37.3 Å². The van der Waals surface area contributed by atoms with Crippen LogP contribution in [0.2, 0.25) is 0 Å². The average Bonchev–Trinajstić information content (AvgIpc) is 2.69. The Morgan fingerprint density at radius 2 is 1.80 bits per heavy atom. The number of sulfone groups is 1. The Morgan fingerprint density at radius 3 is 2.40 bits per heavy atom. The summed E-state index contributed by atoms with van der Waals surface area (Å²) in [4.78, 5) is 16.1. The lowest BCUT2D eigenvalue weighted by Crippen LogP contribution is -2.65. The van der Waals surface area contributed by atoms with Crippen molar-refractivity contribution in [2.75, 3.05) is 19.9 Å². The van der Waals surface area contributed by atoms with Crippen molar-refractivity contribution in [2.24, 2.45) is 11.3 Å². The third-order valence-electron chi connectivity index (χ3n) is 8.64. The first-order valence-corrected chi connectivity index (χ1v) is 13.0. The van der Waals surface area contributed by atoms with Crippen molar-refractivity contribution in [1.82, 2.24) is 4.90 Å². The molecule has 0 N–H and O–H groups in total. The third kappa shape index (κ3) is 3.31. The van der Waals surface area contributed by atoms with Gasteiger partial charge in [-0.25, -0.2) is 8.42 Å². The lowest BCUT2D eigenvalue weighted by molar-refractivity contribution is -0.150. The van der Waals surface area contributed by atoms with Crippen molar-refractivity contribution in [3.8, 4) is 0 Å². The summed E-state index contributed by atoms with van der Waals surface area (Å²) in [7, 11) is -1.49. The summed E-state index contributed by atoms with van der Waals surface area (Å²) in [6.45, 7) is 7.52. The molecule has 2 atom stereocenters. The minimum absolute atomic E-state index is 0.102. The number of ether oxygens (including phenoxy) is 1. The maximum atomic E-state index is 13.5. The standard InChI is InChI=1S/C24H35NO4S/c1-23(2)21-14-17-8-11-19(30(5,27)28)15-20(17)24(23,3)12-13-25(21)22(26)16-6-9-18(29-4)10-7-16/h8,11,15-16,18,21H,6-7,9-10,12-14H2,1-5H3/t16?,18?,21-,24+/m0/s1. The van der Waals surface area contributed by atoms with Gasteiger partial charge in [0.2, 0.25) is 5.91 Å². The molecule has 0 aromatic heterocycles. The zero-order valence-electron chi connectivity index (χ0n) is 18.9. The monoisotopic (exact) mass is 433 g/mol. The van der Waals surface area contributed by atoms with E-state index in [0.717, 1.165) is 50.6 Å². The number of benzene rings is 1. The molecule has 30 heavy (non-hydrogen) atoms. The largest absolute Gasteiger partial charge is 0.381 e. The molecule has 2 fully saturated rings. The summed E-state index contributed by atoms with van der Waals surface area (Å²) in [5.74, 6) is 0.409. The van der Waals surface area contributed by atoms with E-state index in [2.05, 4.69) is 25.7 Å². The average molecular weight is 434 g/mol. The molecule has 0 unspecified atom stereocenters. The van der Waals surface area contributed by atoms with Gasteiger partial charge in [-0.15, -0.1) is 0 Å². The van der Waals surface area contributed by atoms with E-state index >= 15 is 0 Å². The van der Waals surface area contributed by atoms with Crippen LogP contribution in [0.25, 0.3) is 0 Å². The molecule has 1 heterocycles. The number of nitrogens with zero attached hydrogens (tertiary/aromatic N) is 1. The van der Waals surface area contributed by atoms with Crippen LogP contribution in [0.5, 0.6) is 0 Å². The van der Waals surface area contributed by atoms with E-state index in [1.807, 2.05) is 12.1 Å². The van der Waals surface area contributed by atoms with Crippen LogP contribution in [0.15, 0.2) is 23.1 Å². The topological polar surface area (TPSA) is 63.7 Å². The predicted molar refractivity (Wildman–Crippen MR) is 117 cm³/mol. The van der Waals surface area contributed by atoms with Crippen molar-refractivity contribution in [2.45, 2.75) is 81.8 Å². The predicted octanol–water partition coefficient (Wildman–Crippen LogP) is 3.74. The molecule has 1 aromatic carbocycles. The van der Waals surface area contributed by atoms with E-state index in [9.17, 15) is 13.2 Å². The summed E-state index contributed by atoms with van der Waals surface area (Å²) in [6, 6.07) is 5.74. The highest BCUT2D eigenvalue weighted by Gasteiger charge is 2.57. The van der Waals surface area contributed by atoms with E-state index in [1.54, 1.807) is 13.2 Å². The van der Waals surface area contributed by atoms with Gasteiger partial charge in [0.05, 0.1) is 11.0 Å².